The van der Waals surface area contributed by atoms with Gasteiger partial charge in [0, 0.05) is 18.8 Å². The van der Waals surface area contributed by atoms with Crippen LogP contribution in [0, 0.1) is 5.92 Å². The van der Waals surface area contributed by atoms with E-state index >= 15 is 0 Å². The minimum Gasteiger partial charge on any atom is -0.393 e. The predicted octanol–water partition coefficient (Wildman–Crippen LogP) is 1.05. The number of likely N-dealkylation sites (tertiary alicyclic amines) is 1. The zero-order valence-corrected chi connectivity index (χ0v) is 15.3. The van der Waals surface area contributed by atoms with Crippen LogP contribution in [0.5, 0.6) is 0 Å². The van der Waals surface area contributed by atoms with Gasteiger partial charge in [-0.05, 0) is 56.9 Å². The van der Waals surface area contributed by atoms with Crippen LogP contribution in [0.2, 0.25) is 0 Å². The van der Waals surface area contributed by atoms with Crippen LogP contribution in [-0.2, 0) is 9.59 Å². The summed E-state index contributed by atoms with van der Waals surface area (Å²) in [6.45, 7) is 0.565. The van der Waals surface area contributed by atoms with Gasteiger partial charge in [-0.3, -0.25) is 19.4 Å². The van der Waals surface area contributed by atoms with Gasteiger partial charge in [0.15, 0.2) is 0 Å². The third-order valence-corrected chi connectivity index (χ3v) is 5.57. The minimum absolute atomic E-state index is 0.0413. The molecule has 0 bridgehead atoms. The second kappa shape index (κ2) is 8.47. The number of nitrogens with zero attached hydrogens (tertiary/aromatic N) is 2. The molecular formula is C19H26N4O4. The molecule has 1 aromatic rings. The molecule has 1 aromatic heterocycles. The highest BCUT2D eigenvalue weighted by Gasteiger charge is 2.37. The number of amides is 3. The van der Waals surface area contributed by atoms with Crippen molar-refractivity contribution in [3.8, 4) is 0 Å². The summed E-state index contributed by atoms with van der Waals surface area (Å²) in [7, 11) is 0. The Morgan fingerprint density at radius 1 is 1.11 bits per heavy atom. The van der Waals surface area contributed by atoms with Crippen LogP contribution in [0.25, 0.3) is 0 Å². The van der Waals surface area contributed by atoms with Crippen molar-refractivity contribution in [2.24, 2.45) is 11.7 Å². The number of primary amides is 1. The van der Waals surface area contributed by atoms with Gasteiger partial charge in [0.05, 0.1) is 23.6 Å². The summed E-state index contributed by atoms with van der Waals surface area (Å²) in [5.41, 5.74) is 5.64. The first-order chi connectivity index (χ1) is 13.0. The van der Waals surface area contributed by atoms with Gasteiger partial charge in [0.1, 0.15) is 0 Å². The molecule has 0 aromatic carbocycles. The van der Waals surface area contributed by atoms with Gasteiger partial charge in [-0.15, -0.1) is 0 Å². The molecule has 8 nitrogen and oxygen atoms in total. The summed E-state index contributed by atoms with van der Waals surface area (Å²) in [4.78, 5) is 42.1. The molecule has 1 aliphatic heterocycles. The Morgan fingerprint density at radius 2 is 1.85 bits per heavy atom. The minimum atomic E-state index is -0.735. The maximum atomic E-state index is 12.8. The number of aliphatic hydroxyl groups excluding tert-OH is 1. The molecule has 8 heteroatoms. The number of carbonyl (C=O) groups is 3. The van der Waals surface area contributed by atoms with E-state index in [9.17, 15) is 19.5 Å². The van der Waals surface area contributed by atoms with Crippen LogP contribution in [0.4, 0.5) is 5.69 Å². The van der Waals surface area contributed by atoms with Crippen molar-refractivity contribution in [1.82, 2.24) is 9.88 Å². The molecule has 3 rings (SSSR count). The molecule has 2 heterocycles. The Bertz CT molecular complexity index is 715. The lowest BCUT2D eigenvalue weighted by Gasteiger charge is -2.42. The Morgan fingerprint density at radius 3 is 2.56 bits per heavy atom. The molecule has 1 saturated heterocycles. The maximum absolute atomic E-state index is 12.8. The molecule has 146 valence electrons. The molecule has 3 amide bonds. The van der Waals surface area contributed by atoms with Crippen molar-refractivity contribution in [2.75, 3.05) is 11.9 Å². The number of hydrogen-bond acceptors (Lipinski definition) is 5. The Kier molecular flexibility index (Phi) is 6.05. The molecular weight excluding hydrogens is 348 g/mol. The fourth-order valence-electron chi connectivity index (χ4n) is 4.14. The molecule has 0 unspecified atom stereocenters. The molecule has 1 saturated carbocycles. The molecule has 0 radical (unpaired) electrons. The summed E-state index contributed by atoms with van der Waals surface area (Å²) < 4.78 is 0. The van der Waals surface area contributed by atoms with Gasteiger partial charge in [-0.1, -0.05) is 0 Å². The van der Waals surface area contributed by atoms with Crippen LogP contribution >= 0.6 is 0 Å². The summed E-state index contributed by atoms with van der Waals surface area (Å²) in [6, 6.07) is 1.44. The first-order valence-corrected chi connectivity index (χ1v) is 9.50. The second-order valence-corrected chi connectivity index (χ2v) is 7.41. The molecule has 27 heavy (non-hydrogen) atoms. The fourth-order valence-corrected chi connectivity index (χ4v) is 4.14. The Labute approximate surface area is 158 Å². The smallest absolute Gasteiger partial charge is 0.313 e. The van der Waals surface area contributed by atoms with Gasteiger partial charge >= 0.3 is 11.8 Å². The van der Waals surface area contributed by atoms with E-state index in [1.54, 1.807) is 4.90 Å². The van der Waals surface area contributed by atoms with E-state index in [4.69, 9.17) is 5.73 Å². The van der Waals surface area contributed by atoms with E-state index in [0.717, 1.165) is 44.9 Å². The molecule has 4 N–H and O–H groups in total. The number of anilines is 1. The summed E-state index contributed by atoms with van der Waals surface area (Å²) in [5, 5.41) is 12.3. The maximum Gasteiger partial charge on any atom is 0.313 e. The highest BCUT2D eigenvalue weighted by Crippen LogP contribution is 2.34. The molecule has 2 aliphatic rings. The highest BCUT2D eigenvalue weighted by molar-refractivity contribution is 6.39. The van der Waals surface area contributed by atoms with E-state index < -0.39 is 17.7 Å². The van der Waals surface area contributed by atoms with Crippen LogP contribution in [0.15, 0.2) is 18.5 Å². The standard InChI is InChI=1S/C19H26N4O4/c20-17(25)13-9-14(11-21-10-13)22-18(26)19(27)23-8-2-1-3-16(23)12-4-6-15(24)7-5-12/h9-12,15-16,24H,1-8H2,(H2,20,25)(H,22,26)/t12?,15?,16-/m0/s1. The van der Waals surface area contributed by atoms with Crippen molar-refractivity contribution < 1.29 is 19.5 Å². The Hall–Kier alpha value is -2.48. The number of hydrogen-bond donors (Lipinski definition) is 3. The fraction of sp³-hybridized carbons (Fsp3) is 0.579. The molecule has 2 fully saturated rings. The Balaban J connectivity index is 1.67. The van der Waals surface area contributed by atoms with Gasteiger partial charge < -0.3 is 21.1 Å². The van der Waals surface area contributed by atoms with Gasteiger partial charge in [-0.25, -0.2) is 0 Å². The predicted molar refractivity (Wildman–Crippen MR) is 98.7 cm³/mol. The first-order valence-electron chi connectivity index (χ1n) is 9.50. The third-order valence-electron chi connectivity index (χ3n) is 5.57. The van der Waals surface area contributed by atoms with Gasteiger partial charge in [0.2, 0.25) is 5.91 Å². The number of pyridine rings is 1. The quantitative estimate of drug-likeness (QED) is 0.682. The molecule has 0 spiro atoms. The number of nitrogens with one attached hydrogen (secondary N) is 1. The third kappa shape index (κ3) is 4.63. The number of carbonyl (C=O) groups excluding carboxylic acids is 3. The summed E-state index contributed by atoms with van der Waals surface area (Å²) in [5.74, 6) is -1.62. The van der Waals surface area contributed by atoms with Crippen molar-refractivity contribution in [2.45, 2.75) is 57.1 Å². The molecule has 1 aliphatic carbocycles. The largest absolute Gasteiger partial charge is 0.393 e. The van der Waals surface area contributed by atoms with Crippen molar-refractivity contribution >= 4 is 23.4 Å². The lowest BCUT2D eigenvalue weighted by molar-refractivity contribution is -0.147. The van der Waals surface area contributed by atoms with Crippen LogP contribution in [0.1, 0.15) is 55.3 Å². The number of aromatic nitrogens is 1. The van der Waals surface area contributed by atoms with E-state index in [1.807, 2.05) is 0 Å². The van der Waals surface area contributed by atoms with Crippen LogP contribution in [-0.4, -0.2) is 51.4 Å². The van der Waals surface area contributed by atoms with Gasteiger partial charge in [0.25, 0.3) is 0 Å². The summed E-state index contributed by atoms with van der Waals surface area (Å²) in [6.07, 6.45) is 8.49. The summed E-state index contributed by atoms with van der Waals surface area (Å²) >= 11 is 0. The zero-order chi connectivity index (χ0) is 19.4. The van der Waals surface area contributed by atoms with Crippen LogP contribution < -0.4 is 11.1 Å². The lowest BCUT2D eigenvalue weighted by Crippen LogP contribution is -2.52. The average Bonchev–Trinajstić information content (AvgIpc) is 2.68. The SMILES string of the molecule is NC(=O)c1cncc(NC(=O)C(=O)N2CCCC[C@H]2C2CCC(O)CC2)c1. The number of nitrogens with two attached hydrogens (primary N) is 1. The lowest BCUT2D eigenvalue weighted by atomic mass is 9.79. The zero-order valence-electron chi connectivity index (χ0n) is 15.3. The van der Waals surface area contributed by atoms with Crippen molar-refractivity contribution in [3.05, 3.63) is 24.0 Å². The normalized spacial score (nSPS) is 25.7. The molecule has 1 atom stereocenters. The average molecular weight is 374 g/mol. The number of piperidine rings is 1. The monoisotopic (exact) mass is 374 g/mol. The van der Waals surface area contributed by atoms with Crippen molar-refractivity contribution in [3.63, 3.8) is 0 Å². The van der Waals surface area contributed by atoms with E-state index in [0.29, 0.717) is 12.5 Å². The van der Waals surface area contributed by atoms with Crippen LogP contribution in [0.3, 0.4) is 0 Å². The van der Waals surface area contributed by atoms with Crippen molar-refractivity contribution in [1.29, 1.82) is 0 Å². The van der Waals surface area contributed by atoms with E-state index in [-0.39, 0.29) is 23.4 Å². The van der Waals surface area contributed by atoms with Gasteiger partial charge in [-0.2, -0.15) is 0 Å². The number of rotatable bonds is 3. The van der Waals surface area contributed by atoms with E-state index in [1.165, 1.54) is 18.5 Å². The highest BCUT2D eigenvalue weighted by atomic mass is 16.3. The van der Waals surface area contributed by atoms with E-state index in [2.05, 4.69) is 10.3 Å². The number of aliphatic hydroxyl groups is 1. The first kappa shape index (κ1) is 19.3. The second-order valence-electron chi connectivity index (χ2n) is 7.41. The topological polar surface area (TPSA) is 126 Å².